The van der Waals surface area contributed by atoms with E-state index in [0.29, 0.717) is 16.5 Å². The molecular formula is C19H12N2O3. The highest BCUT2D eigenvalue weighted by Crippen LogP contribution is 2.28. The molecule has 5 nitrogen and oxygen atoms in total. The summed E-state index contributed by atoms with van der Waals surface area (Å²) in [6.07, 6.45) is 0. The number of carbonyl (C=O) groups excluding carboxylic acids is 1. The van der Waals surface area contributed by atoms with Gasteiger partial charge in [0.05, 0.1) is 5.52 Å². The number of hydrogen-bond acceptors (Lipinski definition) is 3. The number of carbonyl (C=O) groups is 2. The van der Waals surface area contributed by atoms with Gasteiger partial charge in [-0.15, -0.1) is 0 Å². The van der Waals surface area contributed by atoms with Crippen LogP contribution in [0, 0.1) is 0 Å². The first-order valence-corrected chi connectivity index (χ1v) is 7.39. The van der Waals surface area contributed by atoms with Crippen LogP contribution in [0.3, 0.4) is 0 Å². The Morgan fingerprint density at radius 1 is 0.917 bits per heavy atom. The van der Waals surface area contributed by atoms with E-state index in [-0.39, 0.29) is 17.2 Å². The van der Waals surface area contributed by atoms with E-state index in [1.54, 1.807) is 24.3 Å². The van der Waals surface area contributed by atoms with Gasteiger partial charge in [0.1, 0.15) is 11.4 Å². The number of ketones is 1. The van der Waals surface area contributed by atoms with Crippen LogP contribution in [-0.4, -0.2) is 26.8 Å². The Labute approximate surface area is 136 Å². The fourth-order valence-corrected chi connectivity index (χ4v) is 2.85. The zero-order valence-electron chi connectivity index (χ0n) is 12.5. The SMILES string of the molecule is O=C(O)c1cc2c([nH]c3ccccc32)c(C(=O)c2ccccc2)n1. The van der Waals surface area contributed by atoms with Crippen molar-refractivity contribution in [3.8, 4) is 0 Å². The maximum atomic E-state index is 12.8. The molecule has 0 unspecified atom stereocenters. The Kier molecular flexibility index (Phi) is 3.13. The normalized spacial score (nSPS) is 11.0. The first-order chi connectivity index (χ1) is 11.6. The number of aromatic carboxylic acids is 1. The third-order valence-corrected chi connectivity index (χ3v) is 3.97. The van der Waals surface area contributed by atoms with Crippen molar-refractivity contribution in [2.24, 2.45) is 0 Å². The van der Waals surface area contributed by atoms with Gasteiger partial charge in [0.25, 0.3) is 0 Å². The molecule has 0 radical (unpaired) electrons. The van der Waals surface area contributed by atoms with Crippen molar-refractivity contribution >= 4 is 33.6 Å². The summed E-state index contributed by atoms with van der Waals surface area (Å²) in [5, 5.41) is 10.9. The molecule has 24 heavy (non-hydrogen) atoms. The highest BCUT2D eigenvalue weighted by atomic mass is 16.4. The number of hydrogen-bond donors (Lipinski definition) is 2. The predicted molar refractivity (Wildman–Crippen MR) is 90.4 cm³/mol. The first kappa shape index (κ1) is 14.1. The lowest BCUT2D eigenvalue weighted by Gasteiger charge is -2.04. The molecule has 4 rings (SSSR count). The van der Waals surface area contributed by atoms with Gasteiger partial charge >= 0.3 is 5.97 Å². The highest BCUT2D eigenvalue weighted by molar-refractivity contribution is 6.19. The smallest absolute Gasteiger partial charge is 0.354 e. The molecule has 0 amide bonds. The molecule has 0 aliphatic rings. The van der Waals surface area contributed by atoms with Crippen molar-refractivity contribution in [2.75, 3.05) is 0 Å². The third kappa shape index (κ3) is 2.14. The van der Waals surface area contributed by atoms with Crippen LogP contribution in [0.2, 0.25) is 0 Å². The molecule has 0 aliphatic heterocycles. The van der Waals surface area contributed by atoms with Crippen LogP contribution in [0.5, 0.6) is 0 Å². The van der Waals surface area contributed by atoms with E-state index in [0.717, 1.165) is 10.9 Å². The summed E-state index contributed by atoms with van der Waals surface area (Å²) >= 11 is 0. The van der Waals surface area contributed by atoms with Gasteiger partial charge < -0.3 is 10.1 Å². The summed E-state index contributed by atoms with van der Waals surface area (Å²) < 4.78 is 0. The van der Waals surface area contributed by atoms with Crippen LogP contribution in [0.25, 0.3) is 21.8 Å². The number of fused-ring (bicyclic) bond motifs is 3. The zero-order valence-corrected chi connectivity index (χ0v) is 12.5. The van der Waals surface area contributed by atoms with Crippen molar-refractivity contribution in [1.29, 1.82) is 0 Å². The Morgan fingerprint density at radius 3 is 2.38 bits per heavy atom. The van der Waals surface area contributed by atoms with Gasteiger partial charge in [0.2, 0.25) is 5.78 Å². The van der Waals surface area contributed by atoms with Crippen LogP contribution in [0.1, 0.15) is 26.5 Å². The number of para-hydroxylation sites is 1. The van der Waals surface area contributed by atoms with Crippen molar-refractivity contribution in [3.05, 3.63) is 77.6 Å². The molecule has 0 bridgehead atoms. The molecule has 2 aromatic heterocycles. The van der Waals surface area contributed by atoms with Crippen molar-refractivity contribution in [1.82, 2.24) is 9.97 Å². The van der Waals surface area contributed by atoms with E-state index in [4.69, 9.17) is 0 Å². The average molecular weight is 316 g/mol. The minimum Gasteiger partial charge on any atom is -0.477 e. The summed E-state index contributed by atoms with van der Waals surface area (Å²) in [5.41, 5.74) is 1.82. The Balaban J connectivity index is 2.06. The van der Waals surface area contributed by atoms with Crippen LogP contribution in [0.15, 0.2) is 60.7 Å². The number of H-pyrrole nitrogens is 1. The second kappa shape index (κ2) is 5.31. The Hall–Kier alpha value is -3.47. The Bertz CT molecular complexity index is 1100. The molecule has 116 valence electrons. The molecule has 0 spiro atoms. The molecule has 2 N–H and O–H groups in total. The summed E-state index contributed by atoms with van der Waals surface area (Å²) in [4.78, 5) is 31.5. The van der Waals surface area contributed by atoms with Gasteiger partial charge in [0.15, 0.2) is 0 Å². The number of aromatic nitrogens is 2. The standard InChI is InChI=1S/C19H12N2O3/c22-18(11-6-2-1-3-7-11)17-16-13(10-15(21-17)19(23)24)12-8-4-5-9-14(12)20-16/h1-10,20H,(H,23,24). The van der Waals surface area contributed by atoms with E-state index in [1.807, 2.05) is 30.3 Å². The molecule has 0 saturated carbocycles. The molecule has 4 aromatic rings. The van der Waals surface area contributed by atoms with Crippen LogP contribution < -0.4 is 0 Å². The average Bonchev–Trinajstić information content (AvgIpc) is 2.99. The number of rotatable bonds is 3. The van der Waals surface area contributed by atoms with Gasteiger partial charge in [-0.25, -0.2) is 9.78 Å². The monoisotopic (exact) mass is 316 g/mol. The number of pyridine rings is 1. The van der Waals surface area contributed by atoms with Crippen molar-refractivity contribution in [3.63, 3.8) is 0 Å². The summed E-state index contributed by atoms with van der Waals surface area (Å²) in [5.74, 6) is -1.47. The minimum absolute atomic E-state index is 0.118. The van der Waals surface area contributed by atoms with Gasteiger partial charge in [-0.2, -0.15) is 0 Å². The van der Waals surface area contributed by atoms with Gasteiger partial charge in [0, 0.05) is 21.9 Å². The quantitative estimate of drug-likeness (QED) is 0.565. The minimum atomic E-state index is -1.16. The first-order valence-electron chi connectivity index (χ1n) is 7.39. The molecular weight excluding hydrogens is 304 g/mol. The maximum absolute atomic E-state index is 12.8. The lowest BCUT2D eigenvalue weighted by atomic mass is 10.0. The summed E-state index contributed by atoms with van der Waals surface area (Å²) in [6, 6.07) is 17.7. The highest BCUT2D eigenvalue weighted by Gasteiger charge is 2.20. The number of carboxylic acids is 1. The van der Waals surface area contributed by atoms with Crippen LogP contribution >= 0.6 is 0 Å². The zero-order chi connectivity index (χ0) is 16.7. The van der Waals surface area contributed by atoms with E-state index < -0.39 is 5.97 Å². The van der Waals surface area contributed by atoms with Gasteiger partial charge in [-0.1, -0.05) is 48.5 Å². The van der Waals surface area contributed by atoms with E-state index in [9.17, 15) is 14.7 Å². The molecule has 2 aromatic carbocycles. The number of nitrogens with zero attached hydrogens (tertiary/aromatic N) is 1. The van der Waals surface area contributed by atoms with Crippen molar-refractivity contribution < 1.29 is 14.7 Å². The van der Waals surface area contributed by atoms with E-state index in [1.165, 1.54) is 6.07 Å². The number of benzene rings is 2. The summed E-state index contributed by atoms with van der Waals surface area (Å²) in [7, 11) is 0. The van der Waals surface area contributed by atoms with Gasteiger partial charge in [-0.05, 0) is 12.1 Å². The number of carboxylic acid groups (broad SMARTS) is 1. The van der Waals surface area contributed by atoms with Crippen LogP contribution in [0.4, 0.5) is 0 Å². The third-order valence-electron chi connectivity index (χ3n) is 3.97. The van der Waals surface area contributed by atoms with Crippen LogP contribution in [-0.2, 0) is 0 Å². The molecule has 2 heterocycles. The Morgan fingerprint density at radius 2 is 1.62 bits per heavy atom. The van der Waals surface area contributed by atoms with E-state index in [2.05, 4.69) is 9.97 Å². The largest absolute Gasteiger partial charge is 0.477 e. The second-order valence-electron chi connectivity index (χ2n) is 5.45. The fourth-order valence-electron chi connectivity index (χ4n) is 2.85. The fraction of sp³-hybridized carbons (Fsp3) is 0. The van der Waals surface area contributed by atoms with Crippen molar-refractivity contribution in [2.45, 2.75) is 0 Å². The summed E-state index contributed by atoms with van der Waals surface area (Å²) in [6.45, 7) is 0. The molecule has 0 aliphatic carbocycles. The molecule has 0 fully saturated rings. The van der Waals surface area contributed by atoms with Gasteiger partial charge in [-0.3, -0.25) is 4.79 Å². The maximum Gasteiger partial charge on any atom is 0.354 e. The predicted octanol–water partition coefficient (Wildman–Crippen LogP) is 3.65. The molecule has 5 heteroatoms. The molecule has 0 saturated heterocycles. The number of aromatic amines is 1. The number of nitrogens with one attached hydrogen (secondary N) is 1. The second-order valence-corrected chi connectivity index (χ2v) is 5.45. The topological polar surface area (TPSA) is 83.0 Å². The molecule has 0 atom stereocenters. The lowest BCUT2D eigenvalue weighted by molar-refractivity contribution is 0.0690. The lowest BCUT2D eigenvalue weighted by Crippen LogP contribution is -2.09. The van der Waals surface area contributed by atoms with E-state index >= 15 is 0 Å².